The highest BCUT2D eigenvalue weighted by atomic mass is 14.3. The van der Waals surface area contributed by atoms with E-state index in [9.17, 15) is 0 Å². The monoisotopic (exact) mass is 286 g/mol. The van der Waals surface area contributed by atoms with Crippen LogP contribution in [0.1, 0.15) is 69.2 Å². The van der Waals surface area contributed by atoms with Crippen LogP contribution < -0.4 is 0 Å². The SMILES string of the molecule is C=C(C)c1cc(C)c(C)c(C)c1.CCC1CCC(C)C1C. The minimum Gasteiger partial charge on any atom is -0.0955 e. The van der Waals surface area contributed by atoms with Crippen LogP contribution in [-0.2, 0) is 0 Å². The van der Waals surface area contributed by atoms with Crippen molar-refractivity contribution in [2.24, 2.45) is 17.8 Å². The van der Waals surface area contributed by atoms with Crippen LogP contribution in [-0.4, -0.2) is 0 Å². The maximum absolute atomic E-state index is 3.94. The van der Waals surface area contributed by atoms with Gasteiger partial charge in [-0.2, -0.15) is 0 Å². The van der Waals surface area contributed by atoms with E-state index in [1.165, 1.54) is 41.5 Å². The predicted molar refractivity (Wildman–Crippen MR) is 96.7 cm³/mol. The first-order valence-corrected chi connectivity index (χ1v) is 8.51. The second-order valence-electron chi connectivity index (χ2n) is 7.10. The molecule has 0 heteroatoms. The largest absolute Gasteiger partial charge is 0.0955 e. The predicted octanol–water partition coefficient (Wildman–Crippen LogP) is 6.72. The first-order chi connectivity index (χ1) is 9.77. The van der Waals surface area contributed by atoms with Crippen LogP contribution in [0.5, 0.6) is 0 Å². The molecule has 1 aromatic rings. The van der Waals surface area contributed by atoms with Crippen molar-refractivity contribution in [1.29, 1.82) is 0 Å². The minimum atomic E-state index is 0.995. The van der Waals surface area contributed by atoms with Crippen LogP contribution in [0.2, 0.25) is 0 Å². The van der Waals surface area contributed by atoms with Gasteiger partial charge >= 0.3 is 0 Å². The lowest BCUT2D eigenvalue weighted by atomic mass is 9.91. The Morgan fingerprint density at radius 2 is 1.62 bits per heavy atom. The van der Waals surface area contributed by atoms with Crippen molar-refractivity contribution >= 4 is 5.57 Å². The first-order valence-electron chi connectivity index (χ1n) is 8.51. The van der Waals surface area contributed by atoms with Crippen LogP contribution >= 0.6 is 0 Å². The molecule has 21 heavy (non-hydrogen) atoms. The van der Waals surface area contributed by atoms with Crippen molar-refractivity contribution in [3.63, 3.8) is 0 Å². The summed E-state index contributed by atoms with van der Waals surface area (Å²) in [7, 11) is 0. The highest BCUT2D eigenvalue weighted by molar-refractivity contribution is 5.63. The third-order valence-electron chi connectivity index (χ3n) is 5.58. The van der Waals surface area contributed by atoms with E-state index in [2.05, 4.69) is 60.3 Å². The van der Waals surface area contributed by atoms with E-state index in [4.69, 9.17) is 0 Å². The Bertz CT molecular complexity index is 458. The van der Waals surface area contributed by atoms with Crippen LogP contribution in [0.3, 0.4) is 0 Å². The summed E-state index contributed by atoms with van der Waals surface area (Å²) in [5.74, 6) is 3.03. The summed E-state index contributed by atoms with van der Waals surface area (Å²) in [5.41, 5.74) is 6.50. The molecular formula is C21H34. The van der Waals surface area contributed by atoms with Gasteiger partial charge in [0.05, 0.1) is 0 Å². The minimum absolute atomic E-state index is 0.995. The first kappa shape index (κ1) is 18.0. The number of rotatable bonds is 2. The Kier molecular flexibility index (Phi) is 6.71. The Morgan fingerprint density at radius 3 is 1.90 bits per heavy atom. The molecule has 1 aliphatic rings. The number of benzene rings is 1. The van der Waals surface area contributed by atoms with E-state index in [1.807, 2.05) is 6.92 Å². The molecule has 0 saturated heterocycles. The van der Waals surface area contributed by atoms with Crippen molar-refractivity contribution in [3.05, 3.63) is 41.0 Å². The molecule has 0 aromatic heterocycles. The molecule has 0 heterocycles. The quantitative estimate of drug-likeness (QED) is 0.566. The normalized spacial score (nSPS) is 24.4. The zero-order valence-corrected chi connectivity index (χ0v) is 15.2. The molecule has 1 aliphatic carbocycles. The Balaban J connectivity index is 0.000000219. The van der Waals surface area contributed by atoms with Crippen LogP contribution in [0.25, 0.3) is 5.57 Å². The van der Waals surface area contributed by atoms with Gasteiger partial charge < -0.3 is 0 Å². The van der Waals surface area contributed by atoms with Gasteiger partial charge in [0.2, 0.25) is 0 Å². The molecule has 1 aromatic carbocycles. The second-order valence-corrected chi connectivity index (χ2v) is 7.10. The fourth-order valence-corrected chi connectivity index (χ4v) is 3.33. The summed E-state index contributed by atoms with van der Waals surface area (Å²) in [4.78, 5) is 0. The van der Waals surface area contributed by atoms with Gasteiger partial charge in [-0.25, -0.2) is 0 Å². The smallest absolute Gasteiger partial charge is 0.0228 e. The van der Waals surface area contributed by atoms with E-state index < -0.39 is 0 Å². The van der Waals surface area contributed by atoms with Crippen LogP contribution in [0.4, 0.5) is 0 Å². The van der Waals surface area contributed by atoms with Gasteiger partial charge in [0.25, 0.3) is 0 Å². The number of hydrogen-bond acceptors (Lipinski definition) is 0. The van der Waals surface area contributed by atoms with Crippen molar-refractivity contribution in [2.45, 2.75) is 67.7 Å². The molecule has 1 saturated carbocycles. The highest BCUT2D eigenvalue weighted by Crippen LogP contribution is 2.37. The van der Waals surface area contributed by atoms with Gasteiger partial charge in [0.1, 0.15) is 0 Å². The van der Waals surface area contributed by atoms with E-state index in [-0.39, 0.29) is 0 Å². The molecule has 0 aliphatic heterocycles. The van der Waals surface area contributed by atoms with Gasteiger partial charge in [-0.15, -0.1) is 0 Å². The molecule has 2 rings (SSSR count). The van der Waals surface area contributed by atoms with Gasteiger partial charge in [0, 0.05) is 0 Å². The molecule has 0 spiro atoms. The Morgan fingerprint density at radius 1 is 1.10 bits per heavy atom. The molecule has 0 N–H and O–H groups in total. The van der Waals surface area contributed by atoms with Crippen molar-refractivity contribution in [3.8, 4) is 0 Å². The number of hydrogen-bond donors (Lipinski definition) is 0. The third kappa shape index (κ3) is 4.73. The average molecular weight is 287 g/mol. The van der Waals surface area contributed by atoms with Crippen molar-refractivity contribution < 1.29 is 0 Å². The summed E-state index contributed by atoms with van der Waals surface area (Å²) in [6.07, 6.45) is 4.35. The van der Waals surface area contributed by atoms with Gasteiger partial charge in [-0.3, -0.25) is 0 Å². The van der Waals surface area contributed by atoms with Crippen LogP contribution in [0.15, 0.2) is 18.7 Å². The van der Waals surface area contributed by atoms with Crippen molar-refractivity contribution in [2.75, 3.05) is 0 Å². The maximum Gasteiger partial charge on any atom is -0.0228 e. The Hall–Kier alpha value is -1.04. The molecular weight excluding hydrogens is 252 g/mol. The molecule has 0 amide bonds. The standard InChI is InChI=1S/C12H16.C9H18/c1-8(2)12-6-9(3)11(5)10(4)7-12;1-4-9-6-5-7(2)8(9)3/h6-7H,1H2,2-5H3;7-9H,4-6H2,1-3H3. The number of allylic oxidation sites excluding steroid dienone is 1. The lowest BCUT2D eigenvalue weighted by Gasteiger charge is -2.15. The molecule has 3 atom stereocenters. The van der Waals surface area contributed by atoms with E-state index in [0.717, 1.165) is 23.3 Å². The summed E-state index contributed by atoms with van der Waals surface area (Å²) in [5, 5.41) is 0. The molecule has 0 nitrogen and oxygen atoms in total. The van der Waals surface area contributed by atoms with Crippen LogP contribution in [0, 0.1) is 38.5 Å². The lowest BCUT2D eigenvalue weighted by Crippen LogP contribution is -2.07. The molecule has 0 radical (unpaired) electrons. The second kappa shape index (κ2) is 7.82. The molecule has 3 unspecified atom stereocenters. The van der Waals surface area contributed by atoms with Crippen molar-refractivity contribution in [1.82, 2.24) is 0 Å². The molecule has 118 valence electrons. The van der Waals surface area contributed by atoms with E-state index in [1.54, 1.807) is 0 Å². The summed E-state index contributed by atoms with van der Waals surface area (Å²) < 4.78 is 0. The Labute approximate surface area is 132 Å². The zero-order chi connectivity index (χ0) is 16.2. The third-order valence-corrected chi connectivity index (χ3v) is 5.58. The molecule has 0 bridgehead atoms. The number of aryl methyl sites for hydroxylation is 2. The average Bonchev–Trinajstić information content (AvgIpc) is 2.76. The van der Waals surface area contributed by atoms with Gasteiger partial charge in [-0.05, 0) is 74.1 Å². The van der Waals surface area contributed by atoms with E-state index in [0.29, 0.717) is 0 Å². The summed E-state index contributed by atoms with van der Waals surface area (Å²) >= 11 is 0. The summed E-state index contributed by atoms with van der Waals surface area (Å²) in [6.45, 7) is 19.6. The zero-order valence-electron chi connectivity index (χ0n) is 15.2. The highest BCUT2D eigenvalue weighted by Gasteiger charge is 2.27. The fourth-order valence-electron chi connectivity index (χ4n) is 3.33. The lowest BCUT2D eigenvalue weighted by molar-refractivity contribution is 0.349. The van der Waals surface area contributed by atoms with E-state index >= 15 is 0 Å². The van der Waals surface area contributed by atoms with Gasteiger partial charge in [0.15, 0.2) is 0 Å². The molecule has 1 fully saturated rings. The summed E-state index contributed by atoms with van der Waals surface area (Å²) in [6, 6.07) is 4.40. The fraction of sp³-hybridized carbons (Fsp3) is 0.619. The van der Waals surface area contributed by atoms with Gasteiger partial charge in [-0.1, -0.05) is 57.9 Å². The topological polar surface area (TPSA) is 0 Å². The maximum atomic E-state index is 3.94.